The average Bonchev–Trinajstić information content (AvgIpc) is 2.83. The molecule has 1 saturated heterocycles. The van der Waals surface area contributed by atoms with Crippen molar-refractivity contribution in [1.82, 2.24) is 5.32 Å². The van der Waals surface area contributed by atoms with Gasteiger partial charge in [0.2, 0.25) is 0 Å². The molecule has 0 aliphatic carbocycles. The fourth-order valence-corrected chi connectivity index (χ4v) is 4.22. The van der Waals surface area contributed by atoms with Gasteiger partial charge >= 0.3 is 0 Å². The first kappa shape index (κ1) is 24.4. The Bertz CT molecular complexity index is 1240. The molecule has 2 aliphatic rings. The van der Waals surface area contributed by atoms with Gasteiger partial charge in [-0.1, -0.05) is 11.6 Å². The molecule has 2 aliphatic heterocycles. The largest absolute Gasteiger partial charge is 0.384 e. The van der Waals surface area contributed by atoms with E-state index in [-0.39, 0.29) is 34.4 Å². The summed E-state index contributed by atoms with van der Waals surface area (Å²) < 4.78 is 35.8. The zero-order chi connectivity index (χ0) is 25.1. The smallest absolute Gasteiger partial charge is 0.251 e. The van der Waals surface area contributed by atoms with Gasteiger partial charge in [0.05, 0.1) is 24.6 Å². The summed E-state index contributed by atoms with van der Waals surface area (Å²) in [5.74, 6) is -2.15. The summed E-state index contributed by atoms with van der Waals surface area (Å²) in [5, 5.41) is 2.80. The van der Waals surface area contributed by atoms with Gasteiger partial charge < -0.3 is 26.4 Å². The number of benzene rings is 2. The molecule has 0 spiro atoms. The summed E-state index contributed by atoms with van der Waals surface area (Å²) in [6.07, 6.45) is 2.31. The van der Waals surface area contributed by atoms with Crippen LogP contribution in [0, 0.1) is 11.6 Å². The zero-order valence-electron chi connectivity index (χ0n) is 19.8. The van der Waals surface area contributed by atoms with Crippen molar-refractivity contribution in [3.05, 3.63) is 81.7 Å². The minimum absolute atomic E-state index is 0.00297. The van der Waals surface area contributed by atoms with Gasteiger partial charge in [0.25, 0.3) is 5.91 Å². The number of nitrogens with two attached hydrogens (primary N) is 2. The van der Waals surface area contributed by atoms with E-state index in [1.165, 1.54) is 6.07 Å². The average molecular weight is 482 g/mol. The van der Waals surface area contributed by atoms with Crippen LogP contribution in [0.15, 0.2) is 52.8 Å². The molecule has 0 unspecified atom stereocenters. The Balaban J connectivity index is 1.79. The van der Waals surface area contributed by atoms with Crippen LogP contribution in [0.5, 0.6) is 0 Å². The number of nitrogens with one attached hydrogen (secondary N) is 1. The van der Waals surface area contributed by atoms with E-state index in [1.807, 2.05) is 19.9 Å². The number of carbonyl (C=O) groups is 1. The molecule has 184 valence electrons. The van der Waals surface area contributed by atoms with Crippen LogP contribution in [0.2, 0.25) is 0 Å². The van der Waals surface area contributed by atoms with Crippen LogP contribution in [0.25, 0.3) is 5.70 Å². The van der Waals surface area contributed by atoms with Gasteiger partial charge in [-0.2, -0.15) is 0 Å². The van der Waals surface area contributed by atoms with Gasteiger partial charge in [-0.15, -0.1) is 0 Å². The molecule has 0 aromatic heterocycles. The first-order valence-electron chi connectivity index (χ1n) is 11.5. The number of carbonyl (C=O) groups excluding carboxylic acids is 1. The molecule has 2 heterocycles. The van der Waals surface area contributed by atoms with E-state index in [9.17, 15) is 4.79 Å². The lowest BCUT2D eigenvalue weighted by atomic mass is 9.96. The number of halogens is 2. The maximum absolute atomic E-state index is 15.4. The predicted octanol–water partition coefficient (Wildman–Crippen LogP) is 3.09. The number of hydrogen-bond acceptors (Lipinski definition) is 6. The third-order valence-corrected chi connectivity index (χ3v) is 5.92. The number of ether oxygens (including phenoxy) is 1. The Morgan fingerprint density at radius 1 is 1.11 bits per heavy atom. The highest BCUT2D eigenvalue weighted by molar-refractivity contribution is 6.11. The third-order valence-electron chi connectivity index (χ3n) is 5.92. The number of allylic oxidation sites excluding steroid dienone is 2. The van der Waals surface area contributed by atoms with Gasteiger partial charge in [0.15, 0.2) is 11.6 Å². The third kappa shape index (κ3) is 5.19. The van der Waals surface area contributed by atoms with E-state index in [0.717, 1.165) is 11.1 Å². The van der Waals surface area contributed by atoms with Gasteiger partial charge in [0.1, 0.15) is 11.5 Å². The number of rotatable bonds is 5. The van der Waals surface area contributed by atoms with Crippen molar-refractivity contribution < 1.29 is 18.3 Å². The number of anilines is 1. The molecule has 0 saturated carbocycles. The van der Waals surface area contributed by atoms with E-state index in [2.05, 4.69) is 10.3 Å². The van der Waals surface area contributed by atoms with Crippen molar-refractivity contribution in [2.75, 3.05) is 37.7 Å². The van der Waals surface area contributed by atoms with Crippen LogP contribution in [0.3, 0.4) is 0 Å². The Morgan fingerprint density at radius 2 is 1.86 bits per heavy atom. The van der Waals surface area contributed by atoms with Crippen LogP contribution < -0.4 is 21.7 Å². The Morgan fingerprint density at radius 3 is 2.54 bits per heavy atom. The van der Waals surface area contributed by atoms with Crippen molar-refractivity contribution >= 4 is 23.0 Å². The molecule has 2 aromatic carbocycles. The molecule has 1 amide bonds. The van der Waals surface area contributed by atoms with Gasteiger partial charge in [-0.25, -0.2) is 13.8 Å². The van der Waals surface area contributed by atoms with Crippen LogP contribution in [0.1, 0.15) is 40.9 Å². The summed E-state index contributed by atoms with van der Waals surface area (Å²) in [6.45, 7) is 6.07. The Kier molecular flexibility index (Phi) is 7.16. The lowest BCUT2D eigenvalue weighted by molar-refractivity contribution is 0.0946. The van der Waals surface area contributed by atoms with E-state index in [0.29, 0.717) is 50.4 Å². The van der Waals surface area contributed by atoms with E-state index < -0.39 is 11.6 Å². The van der Waals surface area contributed by atoms with Crippen LogP contribution in [-0.4, -0.2) is 44.5 Å². The predicted molar refractivity (Wildman–Crippen MR) is 133 cm³/mol. The minimum Gasteiger partial charge on any atom is -0.384 e. The molecule has 0 atom stereocenters. The quantitative estimate of drug-likeness (QED) is 0.569. The van der Waals surface area contributed by atoms with Crippen LogP contribution in [-0.2, 0) is 11.2 Å². The molecule has 2 aromatic rings. The summed E-state index contributed by atoms with van der Waals surface area (Å²) >= 11 is 0. The Hall–Kier alpha value is -3.72. The first-order valence-corrected chi connectivity index (χ1v) is 11.5. The summed E-state index contributed by atoms with van der Waals surface area (Å²) in [5.41, 5.74) is 15.4. The normalized spacial score (nSPS) is 15.8. The van der Waals surface area contributed by atoms with Crippen molar-refractivity contribution in [3.63, 3.8) is 0 Å². The maximum Gasteiger partial charge on any atom is 0.251 e. The lowest BCUT2D eigenvalue weighted by Crippen LogP contribution is -2.37. The molecule has 4 rings (SSSR count). The molecule has 7 nitrogen and oxygen atoms in total. The van der Waals surface area contributed by atoms with E-state index >= 15 is 8.78 Å². The first-order chi connectivity index (χ1) is 16.8. The fraction of sp³-hybridized carbons (Fsp3) is 0.308. The second-order valence-electron chi connectivity index (χ2n) is 8.76. The second-order valence-corrected chi connectivity index (χ2v) is 8.76. The Labute approximate surface area is 203 Å². The highest BCUT2D eigenvalue weighted by atomic mass is 19.2. The van der Waals surface area contributed by atoms with Crippen LogP contribution >= 0.6 is 0 Å². The number of morpholine rings is 1. The van der Waals surface area contributed by atoms with Crippen molar-refractivity contribution in [2.24, 2.45) is 16.5 Å². The number of amides is 1. The standard InChI is InChI=1S/C26H29F2N5O2/c1-15(2)13-20(19-5-6-21(23(28)22(19)27)33-9-11-35-12-10-33)32-24(25(29)30)17-3-4-18-16(14-17)7-8-31-26(18)34/h3-6,13-14H,7-12,29-30H2,1-2H3,(H,31,34). The van der Waals surface area contributed by atoms with Gasteiger partial charge in [-0.3, -0.25) is 4.79 Å². The highest BCUT2D eigenvalue weighted by Gasteiger charge is 2.23. The molecule has 35 heavy (non-hydrogen) atoms. The SMILES string of the molecule is CC(C)=CC(=NC(=C(N)N)c1ccc2c(c1)CCNC2=O)c1ccc(N2CCOCC2)c(F)c1F. The number of fused-ring (bicyclic) bond motifs is 1. The zero-order valence-corrected chi connectivity index (χ0v) is 19.8. The van der Waals surface area contributed by atoms with Gasteiger partial charge in [-0.05, 0) is 56.2 Å². The molecule has 0 bridgehead atoms. The topological polar surface area (TPSA) is 106 Å². The number of hydrogen-bond donors (Lipinski definition) is 3. The highest BCUT2D eigenvalue weighted by Crippen LogP contribution is 2.28. The molecular formula is C26H29F2N5O2. The second kappa shape index (κ2) is 10.3. The summed E-state index contributed by atoms with van der Waals surface area (Å²) in [7, 11) is 0. The molecule has 5 N–H and O–H groups in total. The molecule has 1 fully saturated rings. The number of nitrogens with zero attached hydrogens (tertiary/aromatic N) is 2. The number of aliphatic imine (C=N–C) groups is 1. The molecule has 9 heteroatoms. The molecular weight excluding hydrogens is 452 g/mol. The van der Waals surface area contributed by atoms with Crippen molar-refractivity contribution in [3.8, 4) is 0 Å². The van der Waals surface area contributed by atoms with Crippen LogP contribution in [0.4, 0.5) is 14.5 Å². The minimum atomic E-state index is -0.998. The van der Waals surface area contributed by atoms with Crippen molar-refractivity contribution in [1.29, 1.82) is 0 Å². The monoisotopic (exact) mass is 481 g/mol. The fourth-order valence-electron chi connectivity index (χ4n) is 4.22. The lowest BCUT2D eigenvalue weighted by Gasteiger charge is -2.29. The van der Waals surface area contributed by atoms with Gasteiger partial charge in [0, 0.05) is 36.3 Å². The van der Waals surface area contributed by atoms with E-state index in [4.69, 9.17) is 16.2 Å². The van der Waals surface area contributed by atoms with E-state index in [1.54, 1.807) is 29.2 Å². The summed E-state index contributed by atoms with van der Waals surface area (Å²) in [4.78, 5) is 18.5. The maximum atomic E-state index is 15.4. The molecule has 0 radical (unpaired) electrons. The van der Waals surface area contributed by atoms with Crippen molar-refractivity contribution in [2.45, 2.75) is 20.3 Å². The summed E-state index contributed by atoms with van der Waals surface area (Å²) in [6, 6.07) is 8.27.